The number of aromatic nitrogens is 1. The number of pyridine rings is 1. The number of allylic oxidation sites excluding steroid dienone is 1. The summed E-state index contributed by atoms with van der Waals surface area (Å²) in [7, 11) is 0. The van der Waals surface area contributed by atoms with Crippen molar-refractivity contribution < 1.29 is 4.39 Å². The van der Waals surface area contributed by atoms with E-state index in [-0.39, 0.29) is 5.56 Å². The summed E-state index contributed by atoms with van der Waals surface area (Å²) < 4.78 is 15.3. The maximum Gasteiger partial charge on any atom is 0.257 e. The van der Waals surface area contributed by atoms with Crippen LogP contribution < -0.4 is 5.56 Å². The third-order valence-corrected chi connectivity index (χ3v) is 3.93. The average molecular weight is 295 g/mol. The first-order valence-electron chi connectivity index (χ1n) is 7.68. The Balaban J connectivity index is 2.25. The molecule has 2 nitrogen and oxygen atoms in total. The van der Waals surface area contributed by atoms with Gasteiger partial charge in [0.2, 0.25) is 5.95 Å². The highest BCUT2D eigenvalue weighted by atomic mass is 19.1. The lowest BCUT2D eigenvalue weighted by atomic mass is 9.95. The zero-order valence-corrected chi connectivity index (χ0v) is 12.4. The van der Waals surface area contributed by atoms with Crippen molar-refractivity contribution in [1.82, 2.24) is 4.57 Å². The minimum atomic E-state index is -0.560. The molecule has 0 bridgehead atoms. The lowest BCUT2D eigenvalue weighted by molar-refractivity contribution is 0.547. The highest BCUT2D eigenvalue weighted by Gasteiger charge is 2.12. The lowest BCUT2D eigenvalue weighted by Crippen LogP contribution is -2.21. The third kappa shape index (κ3) is 3.10. The summed E-state index contributed by atoms with van der Waals surface area (Å²) >= 11 is 0. The molecule has 0 atom stereocenters. The Labute approximate surface area is 129 Å². The third-order valence-electron chi connectivity index (χ3n) is 3.93. The summed E-state index contributed by atoms with van der Waals surface area (Å²) in [6.07, 6.45) is 5.44. The molecule has 1 aliphatic carbocycles. The molecule has 112 valence electrons. The Morgan fingerprint density at radius 1 is 0.955 bits per heavy atom. The van der Waals surface area contributed by atoms with Crippen molar-refractivity contribution in [3.8, 4) is 0 Å². The molecule has 0 amide bonds. The van der Waals surface area contributed by atoms with E-state index in [1.807, 2.05) is 30.3 Å². The first-order valence-corrected chi connectivity index (χ1v) is 7.68. The fourth-order valence-electron chi connectivity index (χ4n) is 2.81. The van der Waals surface area contributed by atoms with Crippen molar-refractivity contribution in [2.24, 2.45) is 0 Å². The normalized spacial score (nSPS) is 14.5. The zero-order valence-electron chi connectivity index (χ0n) is 12.4. The second kappa shape index (κ2) is 6.59. The molecule has 0 unspecified atom stereocenters. The largest absolute Gasteiger partial charge is 0.269 e. The molecule has 1 fully saturated rings. The van der Waals surface area contributed by atoms with Crippen molar-refractivity contribution in [2.75, 3.05) is 0 Å². The predicted octanol–water partition coefficient (Wildman–Crippen LogP) is 4.37. The van der Waals surface area contributed by atoms with E-state index >= 15 is 0 Å². The maximum atomic E-state index is 14.2. The van der Waals surface area contributed by atoms with E-state index in [0.29, 0.717) is 5.70 Å². The molecule has 0 radical (unpaired) electrons. The van der Waals surface area contributed by atoms with Gasteiger partial charge in [-0.15, -0.1) is 0 Å². The minimum Gasteiger partial charge on any atom is -0.269 e. The maximum absolute atomic E-state index is 14.2. The van der Waals surface area contributed by atoms with Gasteiger partial charge in [-0.3, -0.25) is 4.79 Å². The van der Waals surface area contributed by atoms with Gasteiger partial charge in [-0.2, -0.15) is 4.39 Å². The van der Waals surface area contributed by atoms with Crippen LogP contribution in [0.3, 0.4) is 0 Å². The van der Waals surface area contributed by atoms with Gasteiger partial charge in [0.15, 0.2) is 0 Å². The van der Waals surface area contributed by atoms with Crippen molar-refractivity contribution in [2.45, 2.75) is 32.1 Å². The van der Waals surface area contributed by atoms with E-state index in [2.05, 4.69) is 5.73 Å². The summed E-state index contributed by atoms with van der Waals surface area (Å²) in [5.74, 6) is -0.560. The molecule has 3 heteroatoms. The number of halogens is 1. The predicted molar refractivity (Wildman–Crippen MR) is 86.0 cm³/mol. The van der Waals surface area contributed by atoms with E-state index in [1.165, 1.54) is 30.2 Å². The van der Waals surface area contributed by atoms with Gasteiger partial charge in [0, 0.05) is 11.6 Å². The van der Waals surface area contributed by atoms with Crippen LogP contribution in [0.15, 0.2) is 64.6 Å². The molecule has 1 heterocycles. The van der Waals surface area contributed by atoms with Crippen molar-refractivity contribution >= 4 is 5.70 Å². The molecule has 2 aromatic rings. The summed E-state index contributed by atoms with van der Waals surface area (Å²) in [4.78, 5) is 12.1. The van der Waals surface area contributed by atoms with Gasteiger partial charge in [0.1, 0.15) is 5.70 Å². The van der Waals surface area contributed by atoms with Gasteiger partial charge < -0.3 is 0 Å². The quantitative estimate of drug-likeness (QED) is 0.596. The van der Waals surface area contributed by atoms with Gasteiger partial charge in [0.25, 0.3) is 5.56 Å². The van der Waals surface area contributed by atoms with Crippen LogP contribution in [0.2, 0.25) is 0 Å². The minimum absolute atomic E-state index is 0.372. The first kappa shape index (κ1) is 14.6. The van der Waals surface area contributed by atoms with E-state index in [9.17, 15) is 9.18 Å². The number of nitrogens with zero attached hydrogens (tertiary/aromatic N) is 1. The number of hydrogen-bond donors (Lipinski definition) is 0. The second-order valence-electron chi connectivity index (χ2n) is 5.53. The lowest BCUT2D eigenvalue weighted by Gasteiger charge is -2.14. The Morgan fingerprint density at radius 3 is 2.36 bits per heavy atom. The van der Waals surface area contributed by atoms with Crippen molar-refractivity contribution in [1.29, 1.82) is 0 Å². The van der Waals surface area contributed by atoms with E-state index in [4.69, 9.17) is 0 Å². The summed E-state index contributed by atoms with van der Waals surface area (Å²) in [5, 5.41) is 0. The molecule has 1 aromatic heterocycles. The summed E-state index contributed by atoms with van der Waals surface area (Å²) in [6.45, 7) is 0. The molecule has 0 N–H and O–H groups in total. The number of rotatable bonds is 2. The van der Waals surface area contributed by atoms with Crippen LogP contribution in [-0.2, 0) is 0 Å². The molecule has 1 aliphatic rings. The fourth-order valence-corrected chi connectivity index (χ4v) is 2.81. The number of benzene rings is 1. The Hall–Kier alpha value is -2.38. The summed E-state index contributed by atoms with van der Waals surface area (Å²) in [6, 6.07) is 13.5. The van der Waals surface area contributed by atoms with Crippen molar-refractivity contribution in [3.05, 3.63) is 81.7 Å². The van der Waals surface area contributed by atoms with Crippen LogP contribution in [0.4, 0.5) is 4.39 Å². The topological polar surface area (TPSA) is 22.0 Å². The standard InChI is InChI=1S/C19H18FNO/c20-18-12-7-13-19(22)21(18)17(16-10-5-2-6-11-16)14-15-8-3-1-4-9-15/h2,5-7,10-13H,1,3-4,8-9H2. The van der Waals surface area contributed by atoms with Crippen LogP contribution in [-0.4, -0.2) is 4.57 Å². The van der Waals surface area contributed by atoms with Gasteiger partial charge in [-0.1, -0.05) is 48.6 Å². The zero-order chi connectivity index (χ0) is 15.4. The van der Waals surface area contributed by atoms with Gasteiger partial charge in [0.05, 0.1) is 0 Å². The van der Waals surface area contributed by atoms with Crippen LogP contribution in [0.1, 0.15) is 37.7 Å². The van der Waals surface area contributed by atoms with Gasteiger partial charge in [-0.25, -0.2) is 4.57 Å². The molecule has 22 heavy (non-hydrogen) atoms. The monoisotopic (exact) mass is 295 g/mol. The molecule has 0 aliphatic heterocycles. The van der Waals surface area contributed by atoms with E-state index in [0.717, 1.165) is 35.8 Å². The van der Waals surface area contributed by atoms with Crippen molar-refractivity contribution in [3.63, 3.8) is 0 Å². The fraction of sp³-hybridized carbons (Fsp3) is 0.263. The molecule has 0 spiro atoms. The Kier molecular flexibility index (Phi) is 4.36. The Bertz CT molecular complexity index is 775. The average Bonchev–Trinajstić information content (AvgIpc) is 2.55. The van der Waals surface area contributed by atoms with Gasteiger partial charge in [-0.05, 0) is 37.3 Å². The molecule has 1 aromatic carbocycles. The van der Waals surface area contributed by atoms with Crippen LogP contribution in [0.5, 0.6) is 0 Å². The SMILES string of the molecule is O=c1cccc(F)n1C(=C=C1CCCCC1)c1ccccc1. The van der Waals surface area contributed by atoms with E-state index in [1.54, 1.807) is 0 Å². The van der Waals surface area contributed by atoms with E-state index < -0.39 is 5.95 Å². The van der Waals surface area contributed by atoms with Crippen LogP contribution >= 0.6 is 0 Å². The second-order valence-corrected chi connectivity index (χ2v) is 5.53. The molecular formula is C19H18FNO. The Morgan fingerprint density at radius 2 is 1.68 bits per heavy atom. The summed E-state index contributed by atoms with van der Waals surface area (Å²) in [5.41, 5.74) is 5.42. The molecule has 1 saturated carbocycles. The first-order chi connectivity index (χ1) is 10.8. The molecule has 3 rings (SSSR count). The molecule has 0 saturated heterocycles. The van der Waals surface area contributed by atoms with Gasteiger partial charge >= 0.3 is 0 Å². The number of hydrogen-bond acceptors (Lipinski definition) is 1. The van der Waals surface area contributed by atoms with Crippen LogP contribution in [0.25, 0.3) is 5.70 Å². The smallest absolute Gasteiger partial charge is 0.257 e. The highest BCUT2D eigenvalue weighted by molar-refractivity contribution is 5.65. The molecular weight excluding hydrogens is 277 g/mol. The van der Waals surface area contributed by atoms with Crippen LogP contribution in [0, 0.1) is 5.95 Å². The highest BCUT2D eigenvalue weighted by Crippen LogP contribution is 2.24.